The summed E-state index contributed by atoms with van der Waals surface area (Å²) in [4.78, 5) is 11.9. The second kappa shape index (κ2) is 7.25. The Morgan fingerprint density at radius 1 is 1.25 bits per heavy atom. The van der Waals surface area contributed by atoms with Crippen LogP contribution in [0.3, 0.4) is 0 Å². The fourth-order valence-corrected chi connectivity index (χ4v) is 2.50. The quantitative estimate of drug-likeness (QED) is 0.762. The lowest BCUT2D eigenvalue weighted by atomic mass is 9.97. The minimum absolute atomic E-state index is 0.0169. The number of halogens is 3. The third-order valence-corrected chi connectivity index (χ3v) is 3.44. The largest absolute Gasteiger partial charge is 0.475 e. The Bertz CT molecular complexity index is 650. The first-order chi connectivity index (χ1) is 11.3. The van der Waals surface area contributed by atoms with Crippen LogP contribution < -0.4 is 4.74 Å². The molecule has 1 unspecified atom stereocenters. The maximum absolute atomic E-state index is 13.3. The van der Waals surface area contributed by atoms with Gasteiger partial charge in [0.15, 0.2) is 0 Å². The van der Waals surface area contributed by atoms with Crippen LogP contribution in [0, 0.1) is 6.92 Å². The van der Waals surface area contributed by atoms with Crippen molar-refractivity contribution in [1.29, 1.82) is 0 Å². The van der Waals surface area contributed by atoms with Crippen molar-refractivity contribution < 1.29 is 32.2 Å². The van der Waals surface area contributed by atoms with Crippen LogP contribution in [-0.2, 0) is 20.9 Å². The average molecular weight is 344 g/mol. The second-order valence-corrected chi connectivity index (χ2v) is 5.34. The highest BCUT2D eigenvalue weighted by Gasteiger charge is 2.49. The van der Waals surface area contributed by atoms with Gasteiger partial charge in [0.2, 0.25) is 6.10 Å². The third kappa shape index (κ3) is 3.90. The normalized spacial score (nSPS) is 16.9. The van der Waals surface area contributed by atoms with E-state index in [1.807, 2.05) is 6.92 Å². The van der Waals surface area contributed by atoms with E-state index in [9.17, 15) is 18.0 Å². The van der Waals surface area contributed by atoms with E-state index in [1.54, 1.807) is 19.1 Å². The van der Waals surface area contributed by atoms with Gasteiger partial charge in [0, 0.05) is 17.7 Å². The predicted octanol–water partition coefficient (Wildman–Crippen LogP) is 3.80. The molecule has 2 rings (SSSR count). The molecule has 1 atom stereocenters. The summed E-state index contributed by atoms with van der Waals surface area (Å²) in [7, 11) is 0. The van der Waals surface area contributed by atoms with Gasteiger partial charge in [0.05, 0.1) is 18.8 Å². The van der Waals surface area contributed by atoms with Crippen LogP contribution in [0.2, 0.25) is 0 Å². The molecule has 0 saturated carbocycles. The van der Waals surface area contributed by atoms with E-state index in [4.69, 9.17) is 14.2 Å². The monoisotopic (exact) mass is 344 g/mol. The zero-order valence-electron chi connectivity index (χ0n) is 13.7. The molecule has 0 aromatic heterocycles. The number of alkyl halides is 3. The number of fused-ring (bicyclic) bond motifs is 1. The van der Waals surface area contributed by atoms with Crippen LogP contribution in [0.1, 0.15) is 30.5 Å². The lowest BCUT2D eigenvalue weighted by molar-refractivity contribution is -0.188. The van der Waals surface area contributed by atoms with Gasteiger partial charge in [-0.2, -0.15) is 13.2 Å². The molecule has 1 aromatic carbocycles. The van der Waals surface area contributed by atoms with Crippen molar-refractivity contribution in [2.45, 2.75) is 39.7 Å². The molecule has 1 aliphatic heterocycles. The Hall–Kier alpha value is -2.02. The summed E-state index contributed by atoms with van der Waals surface area (Å²) in [5.74, 6) is -0.942. The third-order valence-electron chi connectivity index (χ3n) is 3.44. The Kier molecular flexibility index (Phi) is 5.54. The van der Waals surface area contributed by atoms with Gasteiger partial charge >= 0.3 is 12.1 Å². The first-order valence-electron chi connectivity index (χ1n) is 7.61. The lowest BCUT2D eigenvalue weighted by Crippen LogP contribution is -2.41. The van der Waals surface area contributed by atoms with Gasteiger partial charge in [0.25, 0.3) is 0 Å². The molecule has 4 nitrogen and oxygen atoms in total. The minimum atomic E-state index is -4.73. The highest BCUT2D eigenvalue weighted by Crippen LogP contribution is 2.40. The van der Waals surface area contributed by atoms with E-state index in [1.165, 1.54) is 13.0 Å². The molecular formula is C17H19F3O4. The van der Waals surface area contributed by atoms with Gasteiger partial charge in [-0.25, -0.2) is 4.79 Å². The van der Waals surface area contributed by atoms with E-state index in [0.717, 1.165) is 5.56 Å². The Morgan fingerprint density at radius 3 is 2.54 bits per heavy atom. The number of hydrogen-bond acceptors (Lipinski definition) is 4. The van der Waals surface area contributed by atoms with Gasteiger partial charge in [-0.05, 0) is 38.5 Å². The van der Waals surface area contributed by atoms with E-state index in [-0.39, 0.29) is 19.0 Å². The molecule has 132 valence electrons. The number of ether oxygens (including phenoxy) is 3. The molecule has 0 spiro atoms. The van der Waals surface area contributed by atoms with Gasteiger partial charge in [-0.3, -0.25) is 0 Å². The fraction of sp³-hybridized carbons (Fsp3) is 0.471. The van der Waals surface area contributed by atoms with Crippen LogP contribution in [-0.4, -0.2) is 31.5 Å². The van der Waals surface area contributed by atoms with Crippen LogP contribution in [0.25, 0.3) is 6.08 Å². The van der Waals surface area contributed by atoms with Crippen LogP contribution in [0.4, 0.5) is 13.2 Å². The first kappa shape index (κ1) is 18.3. The number of esters is 1. The van der Waals surface area contributed by atoms with Crippen molar-refractivity contribution in [3.05, 3.63) is 34.4 Å². The van der Waals surface area contributed by atoms with Crippen molar-refractivity contribution >= 4 is 12.0 Å². The van der Waals surface area contributed by atoms with Crippen molar-refractivity contribution in [2.24, 2.45) is 0 Å². The number of carbonyl (C=O) groups excluding carboxylic acids is 1. The van der Waals surface area contributed by atoms with E-state index < -0.39 is 23.8 Å². The molecule has 24 heavy (non-hydrogen) atoms. The van der Waals surface area contributed by atoms with Crippen molar-refractivity contribution in [1.82, 2.24) is 0 Å². The van der Waals surface area contributed by atoms with E-state index >= 15 is 0 Å². The van der Waals surface area contributed by atoms with Crippen LogP contribution in [0.15, 0.2) is 17.7 Å². The molecule has 0 fully saturated rings. The summed E-state index contributed by atoms with van der Waals surface area (Å²) in [6, 6.07) is 3.38. The first-order valence-corrected chi connectivity index (χ1v) is 7.61. The molecule has 0 bridgehead atoms. The number of rotatable bonds is 5. The molecule has 1 aliphatic rings. The number of aryl methyl sites for hydroxylation is 1. The minimum Gasteiger partial charge on any atom is -0.475 e. The molecule has 7 heteroatoms. The Morgan fingerprint density at radius 2 is 1.96 bits per heavy atom. The summed E-state index contributed by atoms with van der Waals surface area (Å²) < 4.78 is 55.3. The molecule has 1 aromatic rings. The fourth-order valence-electron chi connectivity index (χ4n) is 2.50. The van der Waals surface area contributed by atoms with E-state index in [0.29, 0.717) is 17.7 Å². The topological polar surface area (TPSA) is 44.8 Å². The maximum Gasteiger partial charge on any atom is 0.430 e. The van der Waals surface area contributed by atoms with Gasteiger partial charge < -0.3 is 14.2 Å². The molecule has 1 heterocycles. The molecule has 0 N–H and O–H groups in total. The van der Waals surface area contributed by atoms with Crippen molar-refractivity contribution in [3.8, 4) is 5.75 Å². The maximum atomic E-state index is 13.3. The van der Waals surface area contributed by atoms with Gasteiger partial charge in [0.1, 0.15) is 5.75 Å². The lowest BCUT2D eigenvalue weighted by Gasteiger charge is -2.29. The summed E-state index contributed by atoms with van der Waals surface area (Å²) in [5, 5.41) is 0. The number of hydrogen-bond donors (Lipinski definition) is 0. The number of benzene rings is 1. The zero-order valence-corrected chi connectivity index (χ0v) is 13.7. The van der Waals surface area contributed by atoms with Crippen molar-refractivity contribution in [2.75, 3.05) is 13.2 Å². The van der Waals surface area contributed by atoms with E-state index in [2.05, 4.69) is 0 Å². The standard InChI is InChI=1S/C17H19F3O4/c1-4-22-9-12-7-10(3)6-11-8-13(16(21)23-5-2)15(17(18,19)20)24-14(11)12/h6-8,15H,4-5,9H2,1-3H3. The highest BCUT2D eigenvalue weighted by molar-refractivity contribution is 5.96. The molecule has 0 radical (unpaired) electrons. The smallest absolute Gasteiger partial charge is 0.430 e. The summed E-state index contributed by atoms with van der Waals surface area (Å²) in [6.45, 7) is 5.67. The Balaban J connectivity index is 2.53. The van der Waals surface area contributed by atoms with Crippen LogP contribution in [0.5, 0.6) is 5.75 Å². The molecule has 0 amide bonds. The second-order valence-electron chi connectivity index (χ2n) is 5.34. The molecule has 0 aliphatic carbocycles. The Labute approximate surface area is 138 Å². The van der Waals surface area contributed by atoms with Crippen molar-refractivity contribution in [3.63, 3.8) is 0 Å². The summed E-state index contributed by atoms with van der Waals surface area (Å²) in [6.07, 6.45) is -5.89. The zero-order chi connectivity index (χ0) is 17.9. The highest BCUT2D eigenvalue weighted by atomic mass is 19.4. The van der Waals surface area contributed by atoms with Crippen LogP contribution >= 0.6 is 0 Å². The van der Waals surface area contributed by atoms with Gasteiger partial charge in [-0.15, -0.1) is 0 Å². The predicted molar refractivity (Wildman–Crippen MR) is 81.6 cm³/mol. The molecule has 0 saturated heterocycles. The summed E-state index contributed by atoms with van der Waals surface area (Å²) >= 11 is 0. The average Bonchev–Trinajstić information content (AvgIpc) is 2.50. The number of carbonyl (C=O) groups is 1. The van der Waals surface area contributed by atoms with Gasteiger partial charge in [-0.1, -0.05) is 6.07 Å². The summed E-state index contributed by atoms with van der Waals surface area (Å²) in [5.41, 5.74) is 1.20. The SMILES string of the molecule is CCOCc1cc(C)cc2c1OC(C(F)(F)F)C(C(=O)OCC)=C2. The molecular weight excluding hydrogens is 325 g/mol.